The second kappa shape index (κ2) is 8.26. The van der Waals surface area contributed by atoms with Crippen LogP contribution in [0.4, 0.5) is 5.69 Å². The molecule has 0 saturated carbocycles. The van der Waals surface area contributed by atoms with Crippen molar-refractivity contribution in [1.82, 2.24) is 10.2 Å². The van der Waals surface area contributed by atoms with E-state index in [-0.39, 0.29) is 24.2 Å². The fourth-order valence-electron chi connectivity index (χ4n) is 2.92. The summed E-state index contributed by atoms with van der Waals surface area (Å²) >= 11 is 5.38. The number of allylic oxidation sites excluding steroid dienone is 1. The first-order valence-electron chi connectivity index (χ1n) is 8.79. The van der Waals surface area contributed by atoms with E-state index in [1.54, 1.807) is 43.1 Å². The minimum Gasteiger partial charge on any atom is -0.463 e. The Balaban J connectivity index is 1.85. The number of amides is 1. The molecule has 1 aliphatic rings. The number of hydrogen-bond acceptors (Lipinski definition) is 5. The van der Waals surface area contributed by atoms with Crippen LogP contribution in [0.1, 0.15) is 36.0 Å². The first kappa shape index (κ1) is 19.6. The van der Waals surface area contributed by atoms with Gasteiger partial charge in [-0.05, 0) is 55.9 Å². The summed E-state index contributed by atoms with van der Waals surface area (Å²) in [6.07, 6.45) is 1.44. The summed E-state index contributed by atoms with van der Waals surface area (Å²) in [5, 5.41) is 6.46. The van der Waals surface area contributed by atoms with E-state index in [4.69, 9.17) is 21.4 Å². The van der Waals surface area contributed by atoms with Crippen molar-refractivity contribution in [2.45, 2.75) is 19.9 Å². The fraction of sp³-hybridized carbons (Fsp3) is 0.250. The quantitative estimate of drug-likeness (QED) is 0.590. The molecule has 1 aromatic carbocycles. The number of rotatable bonds is 5. The summed E-state index contributed by atoms with van der Waals surface area (Å²) < 4.78 is 10.3. The summed E-state index contributed by atoms with van der Waals surface area (Å²) in [6.45, 7) is 3.89. The molecule has 7 nitrogen and oxygen atoms in total. The number of hydrogen-bond donors (Lipinski definition) is 2. The largest absolute Gasteiger partial charge is 0.463 e. The third-order valence-electron chi connectivity index (χ3n) is 4.50. The third kappa shape index (κ3) is 3.91. The second-order valence-electron chi connectivity index (χ2n) is 6.21. The molecule has 3 rings (SSSR count). The van der Waals surface area contributed by atoms with Crippen LogP contribution >= 0.6 is 12.2 Å². The summed E-state index contributed by atoms with van der Waals surface area (Å²) in [5.41, 5.74) is 2.68. The lowest BCUT2D eigenvalue weighted by Gasteiger charge is -2.35. The number of nitrogens with zero attached hydrogens (tertiary/aromatic N) is 1. The van der Waals surface area contributed by atoms with Crippen molar-refractivity contribution in [3.63, 3.8) is 0 Å². The minimum absolute atomic E-state index is 0.231. The molecule has 0 spiro atoms. The Hall–Kier alpha value is -3.13. The van der Waals surface area contributed by atoms with Crippen molar-refractivity contribution in [2.75, 3.05) is 19.0 Å². The Morgan fingerprint density at radius 2 is 2.00 bits per heavy atom. The highest BCUT2D eigenvalue weighted by atomic mass is 32.1. The average molecular weight is 399 g/mol. The van der Waals surface area contributed by atoms with Crippen LogP contribution in [0.5, 0.6) is 0 Å². The van der Waals surface area contributed by atoms with E-state index < -0.39 is 6.04 Å². The van der Waals surface area contributed by atoms with Gasteiger partial charge in [0.15, 0.2) is 10.9 Å². The van der Waals surface area contributed by atoms with Gasteiger partial charge in [0.1, 0.15) is 0 Å². The van der Waals surface area contributed by atoms with Crippen molar-refractivity contribution in [2.24, 2.45) is 0 Å². The second-order valence-corrected chi connectivity index (χ2v) is 6.60. The monoisotopic (exact) mass is 399 g/mol. The highest BCUT2D eigenvalue weighted by molar-refractivity contribution is 7.80. The van der Waals surface area contributed by atoms with Crippen molar-refractivity contribution in [3.8, 4) is 0 Å². The SMILES string of the molecule is CCOC(=O)C1=C(C)N(C)C(=S)NC1c1ccc(NC(=O)c2ccco2)cc1. The van der Waals surface area contributed by atoms with E-state index in [0.717, 1.165) is 11.3 Å². The molecule has 2 aromatic rings. The van der Waals surface area contributed by atoms with Crippen LogP contribution in [0.3, 0.4) is 0 Å². The molecule has 1 amide bonds. The van der Waals surface area contributed by atoms with E-state index in [1.807, 2.05) is 19.1 Å². The molecule has 8 heteroatoms. The average Bonchev–Trinajstić information content (AvgIpc) is 3.21. The Bertz CT molecular complexity index is 919. The maximum atomic E-state index is 12.5. The lowest BCUT2D eigenvalue weighted by Crippen LogP contribution is -2.46. The molecule has 0 saturated heterocycles. The molecule has 28 heavy (non-hydrogen) atoms. The Labute approximate surface area is 168 Å². The van der Waals surface area contributed by atoms with Gasteiger partial charge in [-0.15, -0.1) is 0 Å². The summed E-state index contributed by atoms with van der Waals surface area (Å²) in [7, 11) is 1.80. The van der Waals surface area contributed by atoms with Crippen LogP contribution in [-0.4, -0.2) is 35.5 Å². The highest BCUT2D eigenvalue weighted by Crippen LogP contribution is 2.31. The molecular weight excluding hydrogens is 378 g/mol. The van der Waals surface area contributed by atoms with Crippen molar-refractivity contribution < 1.29 is 18.7 Å². The standard InChI is InChI=1S/C20H21N3O4S/c1-4-26-19(25)16-12(2)23(3)20(28)22-17(16)13-7-9-14(10-8-13)21-18(24)15-6-5-11-27-15/h5-11,17H,4H2,1-3H3,(H,21,24)(H,22,28). The Morgan fingerprint density at radius 1 is 1.29 bits per heavy atom. The number of carbonyl (C=O) groups excluding carboxylic acids is 2. The van der Waals surface area contributed by atoms with Gasteiger partial charge in [0.25, 0.3) is 5.91 Å². The van der Waals surface area contributed by atoms with Crippen LogP contribution in [0.15, 0.2) is 58.3 Å². The number of benzene rings is 1. The third-order valence-corrected chi connectivity index (χ3v) is 4.89. The van der Waals surface area contributed by atoms with Crippen LogP contribution in [0.2, 0.25) is 0 Å². The molecule has 2 N–H and O–H groups in total. The molecule has 0 bridgehead atoms. The van der Waals surface area contributed by atoms with Gasteiger partial charge >= 0.3 is 5.97 Å². The normalized spacial score (nSPS) is 16.6. The topological polar surface area (TPSA) is 83.8 Å². The summed E-state index contributed by atoms with van der Waals surface area (Å²) in [5.74, 6) is -0.490. The molecule has 0 radical (unpaired) electrons. The zero-order valence-electron chi connectivity index (χ0n) is 15.8. The maximum Gasteiger partial charge on any atom is 0.338 e. The van der Waals surface area contributed by atoms with Gasteiger partial charge in [-0.2, -0.15) is 0 Å². The smallest absolute Gasteiger partial charge is 0.338 e. The first-order valence-corrected chi connectivity index (χ1v) is 9.20. The molecular formula is C20H21N3O4S. The minimum atomic E-state index is -0.433. The van der Waals surface area contributed by atoms with Crippen LogP contribution in [-0.2, 0) is 9.53 Å². The summed E-state index contributed by atoms with van der Waals surface area (Å²) in [6, 6.07) is 9.99. The van der Waals surface area contributed by atoms with E-state index in [2.05, 4.69) is 10.6 Å². The number of nitrogens with one attached hydrogen (secondary N) is 2. The molecule has 1 atom stereocenters. The Kier molecular flexibility index (Phi) is 5.79. The van der Waals surface area contributed by atoms with E-state index in [9.17, 15) is 9.59 Å². The molecule has 146 valence electrons. The number of esters is 1. The van der Waals surface area contributed by atoms with E-state index in [0.29, 0.717) is 16.4 Å². The van der Waals surface area contributed by atoms with E-state index >= 15 is 0 Å². The van der Waals surface area contributed by atoms with Crippen LogP contribution in [0.25, 0.3) is 0 Å². The number of carbonyl (C=O) groups is 2. The van der Waals surface area contributed by atoms with Crippen LogP contribution < -0.4 is 10.6 Å². The first-order chi connectivity index (χ1) is 13.4. The predicted octanol–water partition coefficient (Wildman–Crippen LogP) is 3.23. The van der Waals surface area contributed by atoms with Crippen molar-refractivity contribution in [1.29, 1.82) is 0 Å². The zero-order chi connectivity index (χ0) is 20.3. The maximum absolute atomic E-state index is 12.5. The number of furan rings is 1. The zero-order valence-corrected chi connectivity index (χ0v) is 16.6. The van der Waals surface area contributed by atoms with Gasteiger partial charge < -0.3 is 24.7 Å². The van der Waals surface area contributed by atoms with Gasteiger partial charge in [0.05, 0.1) is 24.5 Å². The Morgan fingerprint density at radius 3 is 2.61 bits per heavy atom. The lowest BCUT2D eigenvalue weighted by molar-refractivity contribution is -0.139. The van der Waals surface area contributed by atoms with Crippen molar-refractivity contribution in [3.05, 3.63) is 65.3 Å². The molecule has 1 unspecified atom stereocenters. The summed E-state index contributed by atoms with van der Waals surface area (Å²) in [4.78, 5) is 26.4. The molecule has 1 aromatic heterocycles. The number of thiocarbonyl (C=S) groups is 1. The van der Waals surface area contributed by atoms with Gasteiger partial charge in [0.2, 0.25) is 0 Å². The highest BCUT2D eigenvalue weighted by Gasteiger charge is 2.33. The molecule has 0 aliphatic carbocycles. The van der Waals surface area contributed by atoms with Gasteiger partial charge in [-0.3, -0.25) is 4.79 Å². The molecule has 2 heterocycles. The predicted molar refractivity (Wildman–Crippen MR) is 109 cm³/mol. The van der Waals surface area contributed by atoms with Gasteiger partial charge in [-0.1, -0.05) is 12.1 Å². The van der Waals surface area contributed by atoms with Gasteiger partial charge in [0, 0.05) is 18.4 Å². The van der Waals surface area contributed by atoms with Gasteiger partial charge in [-0.25, -0.2) is 4.79 Å². The fourth-order valence-corrected chi connectivity index (χ4v) is 3.17. The van der Waals surface area contributed by atoms with Crippen molar-refractivity contribution >= 4 is 34.9 Å². The molecule has 0 fully saturated rings. The van der Waals surface area contributed by atoms with Crippen LogP contribution in [0, 0.1) is 0 Å². The number of anilines is 1. The number of ether oxygens (including phenoxy) is 1. The lowest BCUT2D eigenvalue weighted by atomic mass is 9.95. The molecule has 1 aliphatic heterocycles. The van der Waals surface area contributed by atoms with E-state index in [1.165, 1.54) is 6.26 Å².